The lowest BCUT2D eigenvalue weighted by Crippen LogP contribution is -2.40. The molecule has 2 aliphatic carbocycles. The van der Waals surface area contributed by atoms with Crippen molar-refractivity contribution in [2.75, 3.05) is 0 Å². The Morgan fingerprint density at radius 2 is 1.92 bits per heavy atom. The van der Waals surface area contributed by atoms with Gasteiger partial charge in [0.25, 0.3) is 0 Å². The topological polar surface area (TPSA) is 49.9 Å². The van der Waals surface area contributed by atoms with Crippen molar-refractivity contribution in [1.29, 1.82) is 0 Å². The first kappa shape index (κ1) is 17.1. The molecular formula is C20H23Cl2N3O. The van der Waals surface area contributed by atoms with Gasteiger partial charge in [0.05, 0.1) is 34.1 Å². The number of hydrogen-bond donors (Lipinski definition) is 2. The van der Waals surface area contributed by atoms with Crippen LogP contribution in [0.25, 0.3) is 11.3 Å². The van der Waals surface area contributed by atoms with Gasteiger partial charge in [-0.2, -0.15) is 5.10 Å². The summed E-state index contributed by atoms with van der Waals surface area (Å²) in [4.78, 5) is 0. The zero-order chi connectivity index (χ0) is 17.8. The average Bonchev–Trinajstić information content (AvgIpc) is 3.06. The van der Waals surface area contributed by atoms with Crippen molar-refractivity contribution in [2.24, 2.45) is 5.92 Å². The van der Waals surface area contributed by atoms with Crippen LogP contribution in [0.15, 0.2) is 18.2 Å². The molecular weight excluding hydrogens is 369 g/mol. The molecule has 2 bridgehead atoms. The zero-order valence-electron chi connectivity index (χ0n) is 14.8. The molecule has 3 fully saturated rings. The molecule has 2 heterocycles. The maximum Gasteiger partial charge on any atom is 0.0954 e. The summed E-state index contributed by atoms with van der Waals surface area (Å²) < 4.78 is 6.18. The van der Waals surface area contributed by atoms with Gasteiger partial charge in [-0.05, 0) is 62.3 Å². The number of H-pyrrole nitrogens is 1. The summed E-state index contributed by atoms with van der Waals surface area (Å²) in [5.41, 5.74) is 3.78. The Balaban J connectivity index is 1.30. The lowest BCUT2D eigenvalue weighted by atomic mass is 9.99. The first-order valence-corrected chi connectivity index (χ1v) is 10.3. The smallest absolute Gasteiger partial charge is 0.0954 e. The fourth-order valence-electron chi connectivity index (χ4n) is 4.63. The Morgan fingerprint density at radius 3 is 2.58 bits per heavy atom. The van der Waals surface area contributed by atoms with Gasteiger partial charge in [-0.1, -0.05) is 23.2 Å². The van der Waals surface area contributed by atoms with Gasteiger partial charge >= 0.3 is 0 Å². The van der Waals surface area contributed by atoms with Gasteiger partial charge in [0.2, 0.25) is 0 Å². The highest BCUT2D eigenvalue weighted by Crippen LogP contribution is 2.45. The number of benzene rings is 1. The van der Waals surface area contributed by atoms with Crippen LogP contribution in [0.2, 0.25) is 10.0 Å². The van der Waals surface area contributed by atoms with Crippen LogP contribution in [0, 0.1) is 5.92 Å². The van der Waals surface area contributed by atoms with E-state index < -0.39 is 0 Å². The number of ether oxygens (including phenoxy) is 1. The molecule has 2 N–H and O–H groups in total. The highest BCUT2D eigenvalue weighted by Gasteiger charge is 2.44. The van der Waals surface area contributed by atoms with Crippen LogP contribution in [0.4, 0.5) is 0 Å². The van der Waals surface area contributed by atoms with E-state index in [1.54, 1.807) is 0 Å². The van der Waals surface area contributed by atoms with Crippen molar-refractivity contribution < 1.29 is 4.74 Å². The van der Waals surface area contributed by atoms with Crippen LogP contribution >= 0.6 is 23.2 Å². The molecule has 3 aliphatic rings. The Labute approximate surface area is 163 Å². The van der Waals surface area contributed by atoms with Gasteiger partial charge in [-0.15, -0.1) is 0 Å². The first-order chi connectivity index (χ1) is 12.6. The monoisotopic (exact) mass is 391 g/mol. The molecule has 5 rings (SSSR count). The highest BCUT2D eigenvalue weighted by atomic mass is 35.5. The van der Waals surface area contributed by atoms with Crippen LogP contribution in [0.5, 0.6) is 0 Å². The lowest BCUT2D eigenvalue weighted by molar-refractivity contribution is -0.00182. The van der Waals surface area contributed by atoms with Crippen LogP contribution in [0.1, 0.15) is 49.8 Å². The van der Waals surface area contributed by atoms with E-state index in [0.29, 0.717) is 46.7 Å². The maximum absolute atomic E-state index is 6.51. The highest BCUT2D eigenvalue weighted by molar-refractivity contribution is 6.39. The maximum atomic E-state index is 6.51. The molecule has 2 saturated carbocycles. The molecule has 0 spiro atoms. The third-order valence-corrected chi connectivity index (χ3v) is 6.74. The molecule has 26 heavy (non-hydrogen) atoms. The van der Waals surface area contributed by atoms with Crippen molar-refractivity contribution in [3.05, 3.63) is 39.5 Å². The molecule has 4 nitrogen and oxygen atoms in total. The van der Waals surface area contributed by atoms with Crippen LogP contribution < -0.4 is 5.32 Å². The largest absolute Gasteiger partial charge is 0.372 e. The van der Waals surface area contributed by atoms with E-state index in [1.165, 1.54) is 24.8 Å². The summed E-state index contributed by atoms with van der Waals surface area (Å²) in [5.74, 6) is 1.25. The molecule has 138 valence electrons. The molecule has 4 unspecified atom stereocenters. The summed E-state index contributed by atoms with van der Waals surface area (Å²) in [6.45, 7) is 2.80. The Hall–Kier alpha value is -1.07. The number of aromatic amines is 1. The van der Waals surface area contributed by atoms with E-state index in [0.717, 1.165) is 23.4 Å². The van der Waals surface area contributed by atoms with E-state index in [9.17, 15) is 0 Å². The molecule has 1 aliphatic heterocycles. The van der Waals surface area contributed by atoms with Crippen molar-refractivity contribution in [3.8, 4) is 11.3 Å². The second kappa shape index (κ2) is 6.52. The molecule has 1 aromatic carbocycles. The summed E-state index contributed by atoms with van der Waals surface area (Å²) in [6.07, 6.45) is 5.14. The van der Waals surface area contributed by atoms with Crippen molar-refractivity contribution in [3.63, 3.8) is 0 Å². The number of aromatic nitrogens is 2. The second-order valence-corrected chi connectivity index (χ2v) is 8.86. The van der Waals surface area contributed by atoms with Gasteiger partial charge in [0, 0.05) is 23.6 Å². The van der Waals surface area contributed by atoms with Crippen LogP contribution in [-0.2, 0) is 11.3 Å². The normalized spacial score (nSPS) is 30.3. The zero-order valence-corrected chi connectivity index (χ0v) is 16.3. The van der Waals surface area contributed by atoms with E-state index in [1.807, 2.05) is 18.2 Å². The molecule has 1 saturated heterocycles. The SMILES string of the molecule is CC1NC2CC(OCc3cc(-c4c(Cl)cc(C5CC5)cc4Cl)n[nH]3)C1C2. The third-order valence-electron chi connectivity index (χ3n) is 6.15. The minimum Gasteiger partial charge on any atom is -0.372 e. The van der Waals surface area contributed by atoms with E-state index in [-0.39, 0.29) is 0 Å². The van der Waals surface area contributed by atoms with E-state index in [4.69, 9.17) is 27.9 Å². The Morgan fingerprint density at radius 1 is 1.15 bits per heavy atom. The number of piperidine rings is 1. The number of fused-ring (bicyclic) bond motifs is 2. The quantitative estimate of drug-likeness (QED) is 0.760. The molecule has 2 aromatic rings. The molecule has 0 amide bonds. The van der Waals surface area contributed by atoms with Crippen molar-refractivity contribution >= 4 is 23.2 Å². The van der Waals surface area contributed by atoms with E-state index >= 15 is 0 Å². The van der Waals surface area contributed by atoms with Crippen LogP contribution in [0.3, 0.4) is 0 Å². The standard InChI is InChI=1S/C20H23Cl2N3O/c1-10-15-6-13(23-10)8-19(15)26-9-14-7-18(25-24-14)20-16(21)4-12(5-17(20)22)11-2-3-11/h4-5,7,10-11,13,15,19,23H,2-3,6,8-9H2,1H3,(H,24,25). The lowest BCUT2D eigenvalue weighted by Gasteiger charge is -2.27. The number of nitrogens with one attached hydrogen (secondary N) is 2. The number of hydrogen-bond acceptors (Lipinski definition) is 3. The van der Waals surface area contributed by atoms with Gasteiger partial charge < -0.3 is 10.1 Å². The summed E-state index contributed by atoms with van der Waals surface area (Å²) in [7, 11) is 0. The second-order valence-electron chi connectivity index (χ2n) is 8.05. The first-order valence-electron chi connectivity index (χ1n) is 9.49. The number of rotatable bonds is 5. The van der Waals surface area contributed by atoms with E-state index in [2.05, 4.69) is 22.4 Å². The van der Waals surface area contributed by atoms with Crippen LogP contribution in [-0.4, -0.2) is 28.4 Å². The minimum atomic E-state index is 0.341. The summed E-state index contributed by atoms with van der Waals surface area (Å²) in [6, 6.07) is 7.25. The fraction of sp³-hybridized carbons (Fsp3) is 0.550. The van der Waals surface area contributed by atoms with Crippen molar-refractivity contribution in [1.82, 2.24) is 15.5 Å². The molecule has 4 atom stereocenters. The third kappa shape index (κ3) is 3.07. The Bertz CT molecular complexity index is 809. The average molecular weight is 392 g/mol. The predicted octanol–water partition coefficient (Wildman–Crippen LogP) is 4.92. The van der Waals surface area contributed by atoms with Crippen molar-refractivity contribution in [2.45, 2.75) is 63.3 Å². The predicted molar refractivity (Wildman–Crippen MR) is 104 cm³/mol. The van der Waals surface area contributed by atoms with Gasteiger partial charge in [-0.3, -0.25) is 5.10 Å². The van der Waals surface area contributed by atoms with Gasteiger partial charge in [-0.25, -0.2) is 0 Å². The number of nitrogens with zero attached hydrogens (tertiary/aromatic N) is 1. The molecule has 6 heteroatoms. The van der Waals surface area contributed by atoms with Gasteiger partial charge in [0.15, 0.2) is 0 Å². The summed E-state index contributed by atoms with van der Waals surface area (Å²) >= 11 is 13.0. The molecule has 1 aromatic heterocycles. The minimum absolute atomic E-state index is 0.341. The Kier molecular flexibility index (Phi) is 4.28. The van der Waals surface area contributed by atoms with Gasteiger partial charge in [0.1, 0.15) is 0 Å². The summed E-state index contributed by atoms with van der Waals surface area (Å²) in [5, 5.41) is 12.5. The fourth-order valence-corrected chi connectivity index (χ4v) is 5.33. The number of halogens is 2. The molecule has 0 radical (unpaired) electrons.